The van der Waals surface area contributed by atoms with Crippen molar-refractivity contribution in [1.82, 2.24) is 15.2 Å². The lowest BCUT2D eigenvalue weighted by molar-refractivity contribution is 1.03. The molecule has 0 bridgehead atoms. The number of benzene rings is 2. The Bertz CT molecular complexity index is 677. The van der Waals surface area contributed by atoms with Gasteiger partial charge in [0.15, 0.2) is 5.82 Å². The first-order valence-corrected chi connectivity index (χ1v) is 5.49. The fourth-order valence-corrected chi connectivity index (χ4v) is 1.79. The summed E-state index contributed by atoms with van der Waals surface area (Å²) >= 11 is 0. The molecule has 3 rings (SSSR count). The third-order valence-corrected chi connectivity index (χ3v) is 2.64. The van der Waals surface area contributed by atoms with Crippen LogP contribution in [0.1, 0.15) is 5.56 Å². The number of aromatic nitrogens is 3. The van der Waals surface area contributed by atoms with Gasteiger partial charge < -0.3 is 0 Å². The molecule has 0 unspecified atom stereocenters. The zero-order chi connectivity index (χ0) is 11.7. The summed E-state index contributed by atoms with van der Waals surface area (Å²) in [7, 11) is 0. The molecule has 3 heteroatoms. The van der Waals surface area contributed by atoms with Crippen LogP contribution < -0.4 is 0 Å². The van der Waals surface area contributed by atoms with Crippen molar-refractivity contribution in [2.24, 2.45) is 0 Å². The molecule has 0 spiro atoms. The molecule has 1 heterocycles. The lowest BCUT2D eigenvalue weighted by atomic mass is 10.1. The molecule has 0 aliphatic carbocycles. The molecular weight excluding hydrogens is 210 g/mol. The minimum absolute atomic E-state index is 0.674. The van der Waals surface area contributed by atoms with Crippen LogP contribution in [0.4, 0.5) is 0 Å². The van der Waals surface area contributed by atoms with Crippen molar-refractivity contribution in [1.29, 1.82) is 0 Å². The Morgan fingerprint density at radius 1 is 0.824 bits per heavy atom. The highest BCUT2D eigenvalue weighted by Crippen LogP contribution is 2.17. The van der Waals surface area contributed by atoms with Crippen LogP contribution in [-0.2, 0) is 0 Å². The molecular formula is C14H11N3. The average molecular weight is 221 g/mol. The van der Waals surface area contributed by atoms with Gasteiger partial charge in [0.25, 0.3) is 0 Å². The van der Waals surface area contributed by atoms with Crippen LogP contribution in [0.5, 0.6) is 0 Å². The Morgan fingerprint density at radius 3 is 2.47 bits per heavy atom. The molecule has 17 heavy (non-hydrogen) atoms. The van der Waals surface area contributed by atoms with Gasteiger partial charge in [0.05, 0.1) is 5.52 Å². The molecule has 0 fully saturated rings. The number of hydrogen-bond acceptors (Lipinski definition) is 3. The van der Waals surface area contributed by atoms with Gasteiger partial charge in [-0.1, -0.05) is 35.9 Å². The van der Waals surface area contributed by atoms with Gasteiger partial charge in [-0.2, -0.15) is 0 Å². The zero-order valence-electron chi connectivity index (χ0n) is 9.46. The number of hydrogen-bond donors (Lipinski definition) is 0. The normalized spacial score (nSPS) is 10.6. The molecule has 0 N–H and O–H groups in total. The lowest BCUT2D eigenvalue weighted by Crippen LogP contribution is -1.93. The maximum absolute atomic E-state index is 4.51. The number of nitrogens with zero attached hydrogens (tertiary/aromatic N) is 3. The van der Waals surface area contributed by atoms with E-state index in [1.165, 1.54) is 5.56 Å². The Morgan fingerprint density at radius 2 is 1.65 bits per heavy atom. The Hall–Kier alpha value is -2.29. The summed E-state index contributed by atoms with van der Waals surface area (Å²) < 4.78 is 0. The van der Waals surface area contributed by atoms with Crippen molar-refractivity contribution in [2.75, 3.05) is 0 Å². The molecule has 0 amide bonds. The van der Waals surface area contributed by atoms with E-state index in [1.807, 2.05) is 36.4 Å². The largest absolute Gasteiger partial charge is 0.225 e. The van der Waals surface area contributed by atoms with Crippen molar-refractivity contribution < 1.29 is 0 Å². The number of fused-ring (bicyclic) bond motifs is 1. The summed E-state index contributed by atoms with van der Waals surface area (Å²) in [4.78, 5) is 4.51. The van der Waals surface area contributed by atoms with E-state index in [1.54, 1.807) is 0 Å². The number of rotatable bonds is 1. The second-order valence-electron chi connectivity index (χ2n) is 3.99. The topological polar surface area (TPSA) is 38.7 Å². The van der Waals surface area contributed by atoms with Crippen molar-refractivity contribution in [3.63, 3.8) is 0 Å². The molecule has 1 aromatic heterocycles. The van der Waals surface area contributed by atoms with E-state index in [0.29, 0.717) is 5.82 Å². The SMILES string of the molecule is Cc1cccc(-c2nnc3ccccc3n2)c1. The minimum atomic E-state index is 0.674. The predicted molar refractivity (Wildman–Crippen MR) is 67.5 cm³/mol. The van der Waals surface area contributed by atoms with Crippen molar-refractivity contribution in [3.8, 4) is 11.4 Å². The second-order valence-corrected chi connectivity index (χ2v) is 3.99. The fraction of sp³-hybridized carbons (Fsp3) is 0.0714. The third kappa shape index (κ3) is 1.87. The van der Waals surface area contributed by atoms with Crippen molar-refractivity contribution in [2.45, 2.75) is 6.92 Å². The average Bonchev–Trinajstić information content (AvgIpc) is 2.38. The van der Waals surface area contributed by atoms with E-state index >= 15 is 0 Å². The van der Waals surface area contributed by atoms with Gasteiger partial charge in [-0.05, 0) is 25.1 Å². The van der Waals surface area contributed by atoms with Crippen LogP contribution in [0.3, 0.4) is 0 Å². The molecule has 0 saturated carbocycles. The zero-order valence-corrected chi connectivity index (χ0v) is 9.46. The standard InChI is InChI=1S/C14H11N3/c1-10-5-4-6-11(9-10)14-15-12-7-2-3-8-13(12)16-17-14/h2-9H,1H3. The van der Waals surface area contributed by atoms with Crippen molar-refractivity contribution in [3.05, 3.63) is 54.1 Å². The molecule has 3 aromatic rings. The Kier molecular flexibility index (Phi) is 2.29. The molecule has 3 nitrogen and oxygen atoms in total. The van der Waals surface area contributed by atoms with Crippen molar-refractivity contribution >= 4 is 11.0 Å². The highest BCUT2D eigenvalue weighted by Gasteiger charge is 2.03. The van der Waals surface area contributed by atoms with Gasteiger partial charge in [-0.3, -0.25) is 0 Å². The highest BCUT2D eigenvalue weighted by molar-refractivity contribution is 5.75. The van der Waals surface area contributed by atoms with E-state index in [4.69, 9.17) is 0 Å². The highest BCUT2D eigenvalue weighted by atomic mass is 15.1. The van der Waals surface area contributed by atoms with Gasteiger partial charge >= 0.3 is 0 Å². The molecule has 2 aromatic carbocycles. The van der Waals surface area contributed by atoms with Gasteiger partial charge in [0.2, 0.25) is 0 Å². The summed E-state index contributed by atoms with van der Waals surface area (Å²) in [6.45, 7) is 2.05. The molecule has 82 valence electrons. The second kappa shape index (κ2) is 3.94. The lowest BCUT2D eigenvalue weighted by Gasteiger charge is -2.01. The van der Waals surface area contributed by atoms with Crippen LogP contribution >= 0.6 is 0 Å². The summed E-state index contributed by atoms with van der Waals surface area (Å²) in [5, 5.41) is 8.33. The molecule has 0 atom stereocenters. The number of aryl methyl sites for hydroxylation is 1. The van der Waals surface area contributed by atoms with Crippen LogP contribution in [-0.4, -0.2) is 15.2 Å². The van der Waals surface area contributed by atoms with Crippen LogP contribution in [0.25, 0.3) is 22.4 Å². The van der Waals surface area contributed by atoms with Gasteiger partial charge in [-0.15, -0.1) is 10.2 Å². The first-order valence-electron chi connectivity index (χ1n) is 5.49. The molecule has 0 saturated heterocycles. The van der Waals surface area contributed by atoms with Gasteiger partial charge in [-0.25, -0.2) is 4.98 Å². The maximum Gasteiger partial charge on any atom is 0.182 e. The maximum atomic E-state index is 4.51. The van der Waals surface area contributed by atoms with E-state index in [2.05, 4.69) is 34.2 Å². The fourth-order valence-electron chi connectivity index (χ4n) is 1.79. The van der Waals surface area contributed by atoms with Crippen LogP contribution in [0, 0.1) is 6.92 Å². The van der Waals surface area contributed by atoms with E-state index in [0.717, 1.165) is 16.6 Å². The summed E-state index contributed by atoms with van der Waals surface area (Å²) in [5.74, 6) is 0.674. The molecule has 0 radical (unpaired) electrons. The van der Waals surface area contributed by atoms with Gasteiger partial charge in [0, 0.05) is 5.56 Å². The van der Waals surface area contributed by atoms with Gasteiger partial charge in [0.1, 0.15) is 5.52 Å². The van der Waals surface area contributed by atoms with E-state index in [9.17, 15) is 0 Å². The summed E-state index contributed by atoms with van der Waals surface area (Å²) in [6.07, 6.45) is 0. The van der Waals surface area contributed by atoms with E-state index in [-0.39, 0.29) is 0 Å². The monoisotopic (exact) mass is 221 g/mol. The van der Waals surface area contributed by atoms with Crippen LogP contribution in [0.15, 0.2) is 48.5 Å². The first kappa shape index (κ1) is 9.90. The Labute approximate surface area is 99.2 Å². The molecule has 0 aliphatic heterocycles. The summed E-state index contributed by atoms with van der Waals surface area (Å²) in [5.41, 5.74) is 3.89. The minimum Gasteiger partial charge on any atom is -0.225 e. The van der Waals surface area contributed by atoms with E-state index < -0.39 is 0 Å². The summed E-state index contributed by atoms with van der Waals surface area (Å²) in [6, 6.07) is 15.9. The quantitative estimate of drug-likeness (QED) is 0.634. The predicted octanol–water partition coefficient (Wildman–Crippen LogP) is 3.00. The Balaban J connectivity index is 2.18. The number of para-hydroxylation sites is 1. The molecule has 0 aliphatic rings. The van der Waals surface area contributed by atoms with Crippen LogP contribution in [0.2, 0.25) is 0 Å². The smallest absolute Gasteiger partial charge is 0.182 e. The third-order valence-electron chi connectivity index (χ3n) is 2.64. The first-order chi connectivity index (χ1) is 8.33.